The van der Waals surface area contributed by atoms with Crippen LogP contribution in [0.4, 0.5) is 0 Å². The van der Waals surface area contributed by atoms with E-state index in [1.165, 1.54) is 11.1 Å². The summed E-state index contributed by atoms with van der Waals surface area (Å²) in [5.41, 5.74) is 5.50. The first-order valence-corrected chi connectivity index (χ1v) is 5.57. The van der Waals surface area contributed by atoms with Gasteiger partial charge in [0.15, 0.2) is 5.78 Å². The highest BCUT2D eigenvalue weighted by Crippen LogP contribution is 2.33. The Kier molecular flexibility index (Phi) is 2.78. The lowest BCUT2D eigenvalue weighted by Crippen LogP contribution is -2.03. The highest BCUT2D eigenvalue weighted by atomic mass is 16.1. The van der Waals surface area contributed by atoms with Gasteiger partial charge < -0.3 is 0 Å². The highest BCUT2D eigenvalue weighted by molar-refractivity contribution is 6.10. The third kappa shape index (κ3) is 1.73. The van der Waals surface area contributed by atoms with Crippen LogP contribution in [0.25, 0.3) is 0 Å². The molecule has 0 saturated carbocycles. The molecule has 2 rings (SSSR count). The van der Waals surface area contributed by atoms with Crippen LogP contribution >= 0.6 is 0 Å². The van der Waals surface area contributed by atoms with Crippen LogP contribution in [0, 0.1) is 0 Å². The molecule has 0 bridgehead atoms. The number of carbonyl (C=O) groups is 1. The average Bonchev–Trinajstić information content (AvgIpc) is 2.57. The molecule has 1 heteroatoms. The third-order valence-electron chi connectivity index (χ3n) is 3.41. The van der Waals surface area contributed by atoms with Crippen molar-refractivity contribution in [1.29, 1.82) is 0 Å². The molecule has 0 aliphatic heterocycles. The zero-order chi connectivity index (χ0) is 11.7. The number of rotatable bonds is 2. The Morgan fingerprint density at radius 3 is 2.12 bits per heavy atom. The monoisotopic (exact) mass is 212 g/mol. The lowest BCUT2D eigenvalue weighted by Gasteiger charge is -2.04. The Morgan fingerprint density at radius 2 is 1.62 bits per heavy atom. The Labute approximate surface area is 96.5 Å². The highest BCUT2D eigenvalue weighted by Gasteiger charge is 2.21. The summed E-state index contributed by atoms with van der Waals surface area (Å²) < 4.78 is 0. The molecule has 1 aliphatic carbocycles. The summed E-state index contributed by atoms with van der Waals surface area (Å²) in [6, 6.07) is 9.51. The minimum atomic E-state index is 0.175. The number of Topliss-reactive ketones (excluding diaryl/α,β-unsaturated/α-hetero) is 1. The largest absolute Gasteiger partial charge is 0.289 e. The van der Waals surface area contributed by atoms with Gasteiger partial charge >= 0.3 is 0 Å². The summed E-state index contributed by atoms with van der Waals surface area (Å²) in [6.07, 6.45) is 0.811. The SMILES string of the molecule is CC1=C(C)C(C)=C(C(=O)c2ccccc2)C1. The summed E-state index contributed by atoms with van der Waals surface area (Å²) in [7, 11) is 0. The number of carbonyl (C=O) groups excluding carboxylic acids is 1. The smallest absolute Gasteiger partial charge is 0.189 e. The van der Waals surface area contributed by atoms with Gasteiger partial charge in [0.25, 0.3) is 0 Å². The molecule has 0 N–H and O–H groups in total. The van der Waals surface area contributed by atoms with Gasteiger partial charge in [0, 0.05) is 11.1 Å². The lowest BCUT2D eigenvalue weighted by atomic mass is 9.99. The number of ketones is 1. The van der Waals surface area contributed by atoms with Gasteiger partial charge in [-0.3, -0.25) is 4.79 Å². The summed E-state index contributed by atoms with van der Waals surface area (Å²) in [4.78, 5) is 12.3. The predicted octanol–water partition coefficient (Wildman–Crippen LogP) is 3.93. The van der Waals surface area contributed by atoms with Crippen LogP contribution in [0.5, 0.6) is 0 Å². The van der Waals surface area contributed by atoms with Crippen molar-refractivity contribution in [3.05, 3.63) is 58.2 Å². The van der Waals surface area contributed by atoms with Crippen LogP contribution in [0.15, 0.2) is 52.6 Å². The van der Waals surface area contributed by atoms with E-state index in [4.69, 9.17) is 0 Å². The summed E-state index contributed by atoms with van der Waals surface area (Å²) >= 11 is 0. The topological polar surface area (TPSA) is 17.1 Å². The molecular formula is C15H16O. The molecule has 1 aromatic rings. The van der Waals surface area contributed by atoms with Crippen molar-refractivity contribution in [3.8, 4) is 0 Å². The van der Waals surface area contributed by atoms with Gasteiger partial charge in [-0.1, -0.05) is 35.9 Å². The summed E-state index contributed by atoms with van der Waals surface area (Å²) in [5, 5.41) is 0. The first kappa shape index (κ1) is 10.9. The standard InChI is InChI=1S/C15H16O/c1-10-9-14(12(3)11(10)2)15(16)13-7-5-4-6-8-13/h4-8H,9H2,1-3H3. The second-order valence-electron chi connectivity index (χ2n) is 4.38. The Balaban J connectivity index is 2.34. The van der Waals surface area contributed by atoms with Crippen molar-refractivity contribution in [3.63, 3.8) is 0 Å². The Morgan fingerprint density at radius 1 is 1.00 bits per heavy atom. The van der Waals surface area contributed by atoms with E-state index in [9.17, 15) is 4.79 Å². The van der Waals surface area contributed by atoms with Crippen molar-refractivity contribution in [1.82, 2.24) is 0 Å². The molecule has 0 unspecified atom stereocenters. The Hall–Kier alpha value is -1.63. The van der Waals surface area contributed by atoms with Crippen LogP contribution in [0.1, 0.15) is 37.6 Å². The van der Waals surface area contributed by atoms with Crippen molar-refractivity contribution >= 4 is 5.78 Å². The molecule has 0 aromatic heterocycles. The number of benzene rings is 1. The molecule has 1 nitrogen and oxygen atoms in total. The number of hydrogen-bond acceptors (Lipinski definition) is 1. The quantitative estimate of drug-likeness (QED) is 0.679. The van der Waals surface area contributed by atoms with Crippen LogP contribution in [0.3, 0.4) is 0 Å². The maximum atomic E-state index is 12.3. The average molecular weight is 212 g/mol. The van der Waals surface area contributed by atoms with E-state index in [2.05, 4.69) is 13.8 Å². The van der Waals surface area contributed by atoms with Crippen LogP contribution in [-0.2, 0) is 0 Å². The van der Waals surface area contributed by atoms with E-state index >= 15 is 0 Å². The minimum Gasteiger partial charge on any atom is -0.289 e. The van der Waals surface area contributed by atoms with Crippen molar-refractivity contribution in [2.75, 3.05) is 0 Å². The van der Waals surface area contributed by atoms with Crippen LogP contribution < -0.4 is 0 Å². The molecule has 82 valence electrons. The van der Waals surface area contributed by atoms with Crippen molar-refractivity contribution < 1.29 is 4.79 Å². The van der Waals surface area contributed by atoms with Gasteiger partial charge in [-0.2, -0.15) is 0 Å². The molecule has 0 radical (unpaired) electrons. The first-order valence-electron chi connectivity index (χ1n) is 5.57. The maximum Gasteiger partial charge on any atom is 0.189 e. The molecular weight excluding hydrogens is 196 g/mol. The second-order valence-corrected chi connectivity index (χ2v) is 4.38. The molecule has 1 aromatic carbocycles. The Bertz CT molecular complexity index is 489. The van der Waals surface area contributed by atoms with E-state index in [-0.39, 0.29) is 5.78 Å². The molecule has 16 heavy (non-hydrogen) atoms. The molecule has 0 amide bonds. The van der Waals surface area contributed by atoms with Crippen LogP contribution in [-0.4, -0.2) is 5.78 Å². The molecule has 0 atom stereocenters. The fourth-order valence-electron chi connectivity index (χ4n) is 2.09. The van der Waals surface area contributed by atoms with Crippen LogP contribution in [0.2, 0.25) is 0 Å². The molecule has 0 spiro atoms. The molecule has 0 heterocycles. The third-order valence-corrected chi connectivity index (χ3v) is 3.41. The fraction of sp³-hybridized carbons (Fsp3) is 0.267. The van der Waals surface area contributed by atoms with E-state index in [0.717, 1.165) is 23.1 Å². The molecule has 0 saturated heterocycles. The maximum absolute atomic E-state index is 12.3. The van der Waals surface area contributed by atoms with Gasteiger partial charge in [-0.25, -0.2) is 0 Å². The summed E-state index contributed by atoms with van der Waals surface area (Å²) in [6.45, 7) is 6.24. The van der Waals surface area contributed by atoms with Gasteiger partial charge in [0.05, 0.1) is 0 Å². The zero-order valence-corrected chi connectivity index (χ0v) is 10.0. The van der Waals surface area contributed by atoms with Gasteiger partial charge in [0.1, 0.15) is 0 Å². The summed E-state index contributed by atoms with van der Waals surface area (Å²) in [5.74, 6) is 0.175. The van der Waals surface area contributed by atoms with Gasteiger partial charge in [-0.15, -0.1) is 0 Å². The second kappa shape index (κ2) is 4.09. The van der Waals surface area contributed by atoms with Crippen molar-refractivity contribution in [2.24, 2.45) is 0 Å². The molecule has 1 aliphatic rings. The molecule has 0 fully saturated rings. The first-order chi connectivity index (χ1) is 7.61. The van der Waals surface area contributed by atoms with Crippen molar-refractivity contribution in [2.45, 2.75) is 27.2 Å². The normalized spacial score (nSPS) is 15.9. The van der Waals surface area contributed by atoms with Gasteiger partial charge in [-0.05, 0) is 38.3 Å². The predicted molar refractivity (Wildman–Crippen MR) is 66.5 cm³/mol. The lowest BCUT2D eigenvalue weighted by molar-refractivity contribution is 0.103. The minimum absolute atomic E-state index is 0.175. The van der Waals surface area contributed by atoms with E-state index in [1.54, 1.807) is 0 Å². The number of hydrogen-bond donors (Lipinski definition) is 0. The zero-order valence-electron chi connectivity index (χ0n) is 10.0. The number of allylic oxidation sites excluding steroid dienone is 4. The fourth-order valence-corrected chi connectivity index (χ4v) is 2.09. The van der Waals surface area contributed by atoms with E-state index in [0.29, 0.717) is 0 Å². The van der Waals surface area contributed by atoms with Gasteiger partial charge in [0.2, 0.25) is 0 Å². The van der Waals surface area contributed by atoms with E-state index in [1.807, 2.05) is 37.3 Å². The van der Waals surface area contributed by atoms with E-state index < -0.39 is 0 Å².